The molecule has 0 radical (unpaired) electrons. The molecule has 0 saturated heterocycles. The van der Waals surface area contributed by atoms with Crippen LogP contribution >= 0.6 is 11.3 Å². The summed E-state index contributed by atoms with van der Waals surface area (Å²) < 4.78 is 46.3. The zero-order chi connectivity index (χ0) is 18.7. The highest BCUT2D eigenvalue weighted by Gasteiger charge is 2.28. The van der Waals surface area contributed by atoms with Gasteiger partial charge in [-0.3, -0.25) is 4.79 Å². The molecule has 3 aromatic heterocycles. The van der Waals surface area contributed by atoms with E-state index in [1.807, 2.05) is 17.5 Å². The molecule has 0 fully saturated rings. The molecule has 0 spiro atoms. The van der Waals surface area contributed by atoms with E-state index < -0.39 is 18.7 Å². The van der Waals surface area contributed by atoms with E-state index in [2.05, 4.69) is 20.0 Å². The number of amides is 1. The van der Waals surface area contributed by atoms with E-state index in [4.69, 9.17) is 4.42 Å². The fourth-order valence-electron chi connectivity index (χ4n) is 2.00. The van der Waals surface area contributed by atoms with E-state index in [1.54, 1.807) is 6.92 Å². The van der Waals surface area contributed by atoms with E-state index >= 15 is 0 Å². The van der Waals surface area contributed by atoms with Crippen LogP contribution in [0.1, 0.15) is 16.2 Å². The molecule has 3 heterocycles. The Kier molecular flexibility index (Phi) is 4.94. The van der Waals surface area contributed by atoms with Crippen LogP contribution < -0.4 is 10.1 Å². The van der Waals surface area contributed by atoms with Crippen molar-refractivity contribution < 1.29 is 27.1 Å². The number of hydrogen-bond acceptors (Lipinski definition) is 6. The monoisotopic (exact) mass is 383 g/mol. The lowest BCUT2D eigenvalue weighted by atomic mass is 10.3. The van der Waals surface area contributed by atoms with E-state index in [-0.39, 0.29) is 17.3 Å². The van der Waals surface area contributed by atoms with E-state index in [1.165, 1.54) is 29.7 Å². The molecule has 0 aliphatic rings. The van der Waals surface area contributed by atoms with Crippen molar-refractivity contribution in [1.82, 2.24) is 9.97 Å². The number of pyridine rings is 1. The van der Waals surface area contributed by atoms with Gasteiger partial charge >= 0.3 is 6.18 Å². The normalized spacial score (nSPS) is 11.4. The summed E-state index contributed by atoms with van der Waals surface area (Å²) in [6.45, 7) is 0.181. The molecule has 0 aliphatic carbocycles. The number of aromatic nitrogens is 2. The Balaban J connectivity index is 1.67. The van der Waals surface area contributed by atoms with E-state index in [0.29, 0.717) is 11.7 Å². The SMILES string of the molecule is Cc1oc(-c2cccs2)nc1C(=O)Nc1ccc(OCC(F)(F)F)nc1. The van der Waals surface area contributed by atoms with Gasteiger partial charge in [0.05, 0.1) is 16.8 Å². The Morgan fingerprint density at radius 2 is 2.15 bits per heavy atom. The molecule has 1 amide bonds. The molecule has 6 nitrogen and oxygen atoms in total. The van der Waals surface area contributed by atoms with Crippen LogP contribution in [0.5, 0.6) is 5.88 Å². The number of nitrogens with one attached hydrogen (secondary N) is 1. The summed E-state index contributed by atoms with van der Waals surface area (Å²) in [7, 11) is 0. The van der Waals surface area contributed by atoms with Crippen molar-refractivity contribution in [2.75, 3.05) is 11.9 Å². The number of carbonyl (C=O) groups excluding carboxylic acids is 1. The molecule has 3 aromatic rings. The maximum atomic E-state index is 12.3. The molecule has 0 aromatic carbocycles. The number of anilines is 1. The number of thiophene rings is 1. The van der Waals surface area contributed by atoms with Gasteiger partial charge in [0.2, 0.25) is 11.8 Å². The van der Waals surface area contributed by atoms with Crippen LogP contribution in [0.2, 0.25) is 0 Å². The maximum absolute atomic E-state index is 12.3. The van der Waals surface area contributed by atoms with Gasteiger partial charge in [0.25, 0.3) is 5.91 Å². The number of hydrogen-bond donors (Lipinski definition) is 1. The average molecular weight is 383 g/mol. The third-order valence-electron chi connectivity index (χ3n) is 3.12. The lowest BCUT2D eigenvalue weighted by Gasteiger charge is -2.08. The lowest BCUT2D eigenvalue weighted by molar-refractivity contribution is -0.154. The molecule has 3 rings (SSSR count). The van der Waals surface area contributed by atoms with Gasteiger partial charge in [0, 0.05) is 6.07 Å². The second-order valence-corrected chi connectivity index (χ2v) is 6.09. The standard InChI is InChI=1S/C16H12F3N3O3S/c1-9-13(22-15(25-9)11-3-2-6-26-11)14(23)21-10-4-5-12(20-7-10)24-8-16(17,18)19/h2-7H,8H2,1H3,(H,21,23). The molecule has 0 atom stereocenters. The second kappa shape index (κ2) is 7.16. The quantitative estimate of drug-likeness (QED) is 0.711. The number of alkyl halides is 3. The summed E-state index contributed by atoms with van der Waals surface area (Å²) in [5.74, 6) is -0.0154. The highest BCUT2D eigenvalue weighted by atomic mass is 32.1. The lowest BCUT2D eigenvalue weighted by Crippen LogP contribution is -2.19. The van der Waals surface area contributed by atoms with Gasteiger partial charge in [-0.25, -0.2) is 9.97 Å². The van der Waals surface area contributed by atoms with Crippen LogP contribution in [-0.4, -0.2) is 28.7 Å². The predicted octanol–water partition coefficient (Wildman–Crippen LogP) is 4.30. The number of halogens is 3. The van der Waals surface area contributed by atoms with Crippen LogP contribution in [0, 0.1) is 6.92 Å². The van der Waals surface area contributed by atoms with Crippen molar-refractivity contribution in [1.29, 1.82) is 0 Å². The first-order valence-corrected chi connectivity index (χ1v) is 8.18. The highest BCUT2D eigenvalue weighted by molar-refractivity contribution is 7.13. The minimum absolute atomic E-state index is 0.116. The van der Waals surface area contributed by atoms with Gasteiger partial charge < -0.3 is 14.5 Å². The number of nitrogens with zero attached hydrogens (tertiary/aromatic N) is 2. The van der Waals surface area contributed by atoms with Crippen LogP contribution in [0.3, 0.4) is 0 Å². The number of oxazole rings is 1. The summed E-state index contributed by atoms with van der Waals surface area (Å²) >= 11 is 1.43. The first kappa shape index (κ1) is 17.9. The second-order valence-electron chi connectivity index (χ2n) is 5.14. The fourth-order valence-corrected chi connectivity index (χ4v) is 2.65. The zero-order valence-electron chi connectivity index (χ0n) is 13.3. The summed E-state index contributed by atoms with van der Waals surface area (Å²) in [6.07, 6.45) is -3.25. The first-order valence-electron chi connectivity index (χ1n) is 7.30. The minimum atomic E-state index is -4.45. The molecule has 0 aliphatic heterocycles. The van der Waals surface area contributed by atoms with Crippen molar-refractivity contribution in [2.45, 2.75) is 13.1 Å². The molecule has 1 N–H and O–H groups in total. The Morgan fingerprint density at radius 3 is 2.77 bits per heavy atom. The molecule has 0 bridgehead atoms. The Bertz CT molecular complexity index is 890. The van der Waals surface area contributed by atoms with Gasteiger partial charge in [-0.15, -0.1) is 11.3 Å². The van der Waals surface area contributed by atoms with E-state index in [9.17, 15) is 18.0 Å². The molecule has 136 valence electrons. The van der Waals surface area contributed by atoms with Gasteiger partial charge in [0.15, 0.2) is 12.3 Å². The zero-order valence-corrected chi connectivity index (χ0v) is 14.1. The van der Waals surface area contributed by atoms with Crippen molar-refractivity contribution in [2.24, 2.45) is 0 Å². The van der Waals surface area contributed by atoms with Gasteiger partial charge in [0.1, 0.15) is 5.76 Å². The van der Waals surface area contributed by atoms with E-state index in [0.717, 1.165) is 4.88 Å². The molecule has 26 heavy (non-hydrogen) atoms. The number of carbonyl (C=O) groups is 1. The van der Waals surface area contributed by atoms with Crippen molar-refractivity contribution >= 4 is 22.9 Å². The predicted molar refractivity (Wildman–Crippen MR) is 88.3 cm³/mol. The molecule has 0 saturated carbocycles. The summed E-state index contributed by atoms with van der Waals surface area (Å²) in [5.41, 5.74) is 0.403. The van der Waals surface area contributed by atoms with Crippen molar-refractivity contribution in [3.05, 3.63) is 47.3 Å². The highest BCUT2D eigenvalue weighted by Crippen LogP contribution is 2.26. The third-order valence-corrected chi connectivity index (χ3v) is 3.98. The van der Waals surface area contributed by atoms with Crippen molar-refractivity contribution in [3.8, 4) is 16.6 Å². The van der Waals surface area contributed by atoms with Crippen LogP contribution in [-0.2, 0) is 0 Å². The van der Waals surface area contributed by atoms with Crippen LogP contribution in [0.15, 0.2) is 40.3 Å². The van der Waals surface area contributed by atoms with Gasteiger partial charge in [-0.05, 0) is 24.4 Å². The number of ether oxygens (including phenoxy) is 1. The van der Waals surface area contributed by atoms with Crippen molar-refractivity contribution in [3.63, 3.8) is 0 Å². The maximum Gasteiger partial charge on any atom is 0.422 e. The largest absolute Gasteiger partial charge is 0.468 e. The molecule has 10 heteroatoms. The first-order chi connectivity index (χ1) is 12.3. The average Bonchev–Trinajstić information content (AvgIpc) is 3.23. The summed E-state index contributed by atoms with van der Waals surface area (Å²) in [5, 5.41) is 4.42. The summed E-state index contributed by atoms with van der Waals surface area (Å²) in [6, 6.07) is 6.27. The third kappa shape index (κ3) is 4.39. The Morgan fingerprint density at radius 1 is 1.35 bits per heavy atom. The molecular formula is C16H12F3N3O3S. The van der Waals surface area contributed by atoms with Gasteiger partial charge in [-0.2, -0.15) is 13.2 Å². The topological polar surface area (TPSA) is 77.2 Å². The van der Waals surface area contributed by atoms with Crippen LogP contribution in [0.25, 0.3) is 10.8 Å². The number of aryl methyl sites for hydroxylation is 1. The smallest absolute Gasteiger partial charge is 0.422 e. The Labute approximate surface area is 149 Å². The summed E-state index contributed by atoms with van der Waals surface area (Å²) in [4.78, 5) is 21.0. The number of rotatable bonds is 5. The van der Waals surface area contributed by atoms with Crippen LogP contribution in [0.4, 0.5) is 18.9 Å². The minimum Gasteiger partial charge on any atom is -0.468 e. The molecule has 0 unspecified atom stereocenters. The fraction of sp³-hybridized carbons (Fsp3) is 0.188. The molecular weight excluding hydrogens is 371 g/mol. The Hall–Kier alpha value is -2.88. The van der Waals surface area contributed by atoms with Gasteiger partial charge in [-0.1, -0.05) is 6.07 Å².